The first-order valence-electron chi connectivity index (χ1n) is 5.65. The van der Waals surface area contributed by atoms with E-state index in [1.807, 2.05) is 13.0 Å². The van der Waals surface area contributed by atoms with Crippen LogP contribution in [0.2, 0.25) is 0 Å². The smallest absolute Gasteiger partial charge is 0.337 e. The number of carbonyl (C=O) groups is 1. The quantitative estimate of drug-likeness (QED) is 0.754. The maximum absolute atomic E-state index is 11.3. The van der Waals surface area contributed by atoms with Gasteiger partial charge in [0.15, 0.2) is 5.65 Å². The first-order valence-corrected chi connectivity index (χ1v) is 5.65. The third kappa shape index (κ3) is 1.83. The summed E-state index contributed by atoms with van der Waals surface area (Å²) in [6, 6.07) is 5.37. The molecule has 0 amide bonds. The van der Waals surface area contributed by atoms with E-state index in [1.54, 1.807) is 22.8 Å². The molecule has 0 atom stereocenters. The van der Waals surface area contributed by atoms with Crippen molar-refractivity contribution in [2.24, 2.45) is 0 Å². The Bertz CT molecular complexity index is 779. The number of aromatic nitrogens is 4. The molecule has 3 heterocycles. The average molecular weight is 254 g/mol. The fourth-order valence-electron chi connectivity index (χ4n) is 2.01. The van der Waals surface area contributed by atoms with Crippen LogP contribution in [0.3, 0.4) is 0 Å². The van der Waals surface area contributed by atoms with Gasteiger partial charge in [-0.3, -0.25) is 4.98 Å². The number of hydrogen-bond donors (Lipinski definition) is 1. The van der Waals surface area contributed by atoms with Gasteiger partial charge >= 0.3 is 5.97 Å². The monoisotopic (exact) mass is 254 g/mol. The van der Waals surface area contributed by atoms with Gasteiger partial charge in [0, 0.05) is 29.2 Å². The van der Waals surface area contributed by atoms with Crippen LogP contribution >= 0.6 is 0 Å². The van der Waals surface area contributed by atoms with Crippen LogP contribution in [0.15, 0.2) is 36.9 Å². The van der Waals surface area contributed by atoms with Gasteiger partial charge in [-0.15, -0.1) is 0 Å². The number of carboxylic acid groups (broad SMARTS) is 1. The molecule has 0 aromatic carbocycles. The average Bonchev–Trinajstić information content (AvgIpc) is 2.86. The first-order chi connectivity index (χ1) is 9.16. The summed E-state index contributed by atoms with van der Waals surface area (Å²) in [7, 11) is 0. The molecule has 0 spiro atoms. The summed E-state index contributed by atoms with van der Waals surface area (Å²) in [5.74, 6) is -1.01. The fraction of sp³-hybridized carbons (Fsp3) is 0.0769. The van der Waals surface area contributed by atoms with Gasteiger partial charge in [-0.1, -0.05) is 0 Å². The second-order valence-corrected chi connectivity index (χ2v) is 4.13. The van der Waals surface area contributed by atoms with Crippen LogP contribution in [0.5, 0.6) is 0 Å². The number of rotatable bonds is 2. The first kappa shape index (κ1) is 11.3. The van der Waals surface area contributed by atoms with E-state index < -0.39 is 5.97 Å². The zero-order valence-corrected chi connectivity index (χ0v) is 10.1. The minimum absolute atomic E-state index is 0.154. The molecule has 0 aliphatic carbocycles. The van der Waals surface area contributed by atoms with Crippen LogP contribution in [-0.2, 0) is 0 Å². The second-order valence-electron chi connectivity index (χ2n) is 4.13. The molecule has 0 unspecified atom stereocenters. The molecule has 0 bridgehead atoms. The van der Waals surface area contributed by atoms with E-state index in [0.717, 1.165) is 11.3 Å². The summed E-state index contributed by atoms with van der Waals surface area (Å²) in [6.07, 6.45) is 4.57. The lowest BCUT2D eigenvalue weighted by Gasteiger charge is -2.07. The van der Waals surface area contributed by atoms with Crippen molar-refractivity contribution in [3.63, 3.8) is 0 Å². The van der Waals surface area contributed by atoms with Gasteiger partial charge in [-0.2, -0.15) is 5.10 Å². The molecule has 6 heteroatoms. The number of aromatic carboxylic acids is 1. The van der Waals surface area contributed by atoms with Crippen molar-refractivity contribution in [3.8, 4) is 11.1 Å². The summed E-state index contributed by atoms with van der Waals surface area (Å²) >= 11 is 0. The topological polar surface area (TPSA) is 80.4 Å². The van der Waals surface area contributed by atoms with Crippen molar-refractivity contribution in [1.82, 2.24) is 19.6 Å². The number of nitrogens with zero attached hydrogens (tertiary/aromatic N) is 4. The van der Waals surface area contributed by atoms with Gasteiger partial charge in [0.25, 0.3) is 0 Å². The molecule has 1 N–H and O–H groups in total. The number of pyridine rings is 2. The Morgan fingerprint density at radius 2 is 2.16 bits per heavy atom. The van der Waals surface area contributed by atoms with E-state index in [1.165, 1.54) is 12.5 Å². The van der Waals surface area contributed by atoms with E-state index in [-0.39, 0.29) is 5.56 Å². The Kier molecular flexibility index (Phi) is 2.49. The van der Waals surface area contributed by atoms with E-state index in [4.69, 9.17) is 0 Å². The molecule has 0 aliphatic rings. The molecule has 0 radical (unpaired) electrons. The van der Waals surface area contributed by atoms with Crippen LogP contribution in [-0.4, -0.2) is 30.7 Å². The Balaban J connectivity index is 2.35. The third-order valence-corrected chi connectivity index (χ3v) is 2.87. The van der Waals surface area contributed by atoms with Crippen molar-refractivity contribution in [3.05, 3.63) is 48.2 Å². The molecule has 3 aromatic heterocycles. The van der Waals surface area contributed by atoms with Crippen molar-refractivity contribution in [2.45, 2.75) is 6.92 Å². The normalized spacial score (nSPS) is 10.8. The Hall–Kier alpha value is -2.76. The molecular weight excluding hydrogens is 244 g/mol. The largest absolute Gasteiger partial charge is 0.478 e. The lowest BCUT2D eigenvalue weighted by Crippen LogP contribution is -2.02. The second kappa shape index (κ2) is 4.16. The molecule has 6 nitrogen and oxygen atoms in total. The molecule has 0 aliphatic heterocycles. The maximum atomic E-state index is 11.3. The lowest BCUT2D eigenvalue weighted by molar-refractivity contribution is 0.0697. The summed E-state index contributed by atoms with van der Waals surface area (Å²) in [5.41, 5.74) is 2.85. The van der Waals surface area contributed by atoms with Gasteiger partial charge in [0.2, 0.25) is 0 Å². The van der Waals surface area contributed by atoms with Crippen LogP contribution in [0.4, 0.5) is 0 Å². The Morgan fingerprint density at radius 3 is 2.95 bits per heavy atom. The highest BCUT2D eigenvalue weighted by Crippen LogP contribution is 2.26. The van der Waals surface area contributed by atoms with Gasteiger partial charge in [-0.25, -0.2) is 14.3 Å². The molecule has 0 fully saturated rings. The third-order valence-electron chi connectivity index (χ3n) is 2.87. The van der Waals surface area contributed by atoms with Crippen LogP contribution in [0, 0.1) is 6.92 Å². The van der Waals surface area contributed by atoms with Crippen LogP contribution in [0.25, 0.3) is 16.8 Å². The fourth-order valence-corrected chi connectivity index (χ4v) is 2.01. The summed E-state index contributed by atoms with van der Waals surface area (Å²) in [4.78, 5) is 19.5. The minimum Gasteiger partial charge on any atom is -0.478 e. The molecular formula is C13H10N4O2. The minimum atomic E-state index is -1.01. The maximum Gasteiger partial charge on any atom is 0.337 e. The van der Waals surface area contributed by atoms with Gasteiger partial charge in [0.1, 0.15) is 6.33 Å². The SMILES string of the molecule is Cc1cc(-c2cccn3ncnc23)c(C(=O)O)cn1. The van der Waals surface area contributed by atoms with Gasteiger partial charge in [-0.05, 0) is 25.1 Å². The number of fused-ring (bicyclic) bond motifs is 1. The van der Waals surface area contributed by atoms with Gasteiger partial charge in [0.05, 0.1) is 5.56 Å². The molecule has 19 heavy (non-hydrogen) atoms. The summed E-state index contributed by atoms with van der Waals surface area (Å²) in [6.45, 7) is 1.82. The molecule has 0 saturated carbocycles. The number of carboxylic acids is 1. The van der Waals surface area contributed by atoms with Crippen molar-refractivity contribution >= 4 is 11.6 Å². The predicted octanol–water partition coefficient (Wildman–Crippen LogP) is 1.80. The predicted molar refractivity (Wildman–Crippen MR) is 67.9 cm³/mol. The van der Waals surface area contributed by atoms with Crippen LogP contribution < -0.4 is 0 Å². The summed E-state index contributed by atoms with van der Waals surface area (Å²) in [5, 5.41) is 13.3. The molecule has 94 valence electrons. The Labute approximate surface area is 108 Å². The van der Waals surface area contributed by atoms with E-state index in [9.17, 15) is 9.90 Å². The summed E-state index contributed by atoms with van der Waals surface area (Å²) < 4.78 is 1.61. The number of hydrogen-bond acceptors (Lipinski definition) is 4. The molecule has 0 saturated heterocycles. The zero-order chi connectivity index (χ0) is 13.4. The lowest BCUT2D eigenvalue weighted by atomic mass is 10.0. The van der Waals surface area contributed by atoms with Crippen molar-refractivity contribution in [2.75, 3.05) is 0 Å². The van der Waals surface area contributed by atoms with E-state index in [2.05, 4.69) is 15.1 Å². The highest BCUT2D eigenvalue weighted by Gasteiger charge is 2.15. The molecule has 3 aromatic rings. The zero-order valence-electron chi connectivity index (χ0n) is 10.1. The van der Waals surface area contributed by atoms with Crippen LogP contribution in [0.1, 0.15) is 16.1 Å². The standard InChI is InChI=1S/C13H10N4O2/c1-8-5-10(11(6-14-8)13(18)19)9-3-2-4-17-12(9)15-7-16-17/h2-7H,1H3,(H,18,19). The Morgan fingerprint density at radius 1 is 1.32 bits per heavy atom. The van der Waals surface area contributed by atoms with Crippen molar-refractivity contribution < 1.29 is 9.90 Å². The van der Waals surface area contributed by atoms with Crippen molar-refractivity contribution in [1.29, 1.82) is 0 Å². The highest BCUT2D eigenvalue weighted by molar-refractivity contribution is 5.97. The molecule has 3 rings (SSSR count). The van der Waals surface area contributed by atoms with E-state index in [0.29, 0.717) is 11.2 Å². The number of aryl methyl sites for hydroxylation is 1. The van der Waals surface area contributed by atoms with Gasteiger partial charge < -0.3 is 5.11 Å². The van der Waals surface area contributed by atoms with E-state index >= 15 is 0 Å². The highest BCUT2D eigenvalue weighted by atomic mass is 16.4.